The Bertz CT molecular complexity index is 1290. The van der Waals surface area contributed by atoms with Crippen LogP contribution in [0.2, 0.25) is 0 Å². The van der Waals surface area contributed by atoms with Crippen molar-refractivity contribution in [2.24, 2.45) is 4.99 Å². The summed E-state index contributed by atoms with van der Waals surface area (Å²) in [6.45, 7) is 4.42. The number of hydrazine groups is 1. The molecule has 0 aliphatic carbocycles. The number of hydrogen-bond acceptors (Lipinski definition) is 6. The van der Waals surface area contributed by atoms with E-state index in [1.54, 1.807) is 0 Å². The molecule has 3 aromatic carbocycles. The highest BCUT2D eigenvalue weighted by Crippen LogP contribution is 2.44. The second kappa shape index (κ2) is 13.6. The Morgan fingerprint density at radius 3 is 2.51 bits per heavy atom. The zero-order chi connectivity index (χ0) is 27.7. The van der Waals surface area contributed by atoms with Crippen LogP contribution in [0.25, 0.3) is 6.08 Å². The van der Waals surface area contributed by atoms with Crippen LogP contribution in [0, 0.1) is 0 Å². The van der Waals surface area contributed by atoms with Crippen LogP contribution in [0.1, 0.15) is 49.5 Å². The van der Waals surface area contributed by atoms with Crippen LogP contribution in [0.4, 0.5) is 0 Å². The van der Waals surface area contributed by atoms with Gasteiger partial charge in [0, 0.05) is 41.1 Å². The quantitative estimate of drug-likeness (QED) is 0.188. The first kappa shape index (κ1) is 28.5. The fourth-order valence-electron chi connectivity index (χ4n) is 4.24. The van der Waals surface area contributed by atoms with E-state index in [-0.39, 0.29) is 18.6 Å². The van der Waals surface area contributed by atoms with Crippen molar-refractivity contribution in [1.82, 2.24) is 10.9 Å². The van der Waals surface area contributed by atoms with E-state index in [0.717, 1.165) is 21.2 Å². The third kappa shape index (κ3) is 7.15. The van der Waals surface area contributed by atoms with Gasteiger partial charge < -0.3 is 14.6 Å². The van der Waals surface area contributed by atoms with E-state index in [0.29, 0.717) is 31.1 Å². The smallest absolute Gasteiger partial charge is 0.266 e. The fraction of sp³-hybridized carbons (Fsp3) is 0.290. The van der Waals surface area contributed by atoms with E-state index in [1.165, 1.54) is 0 Å². The number of benzene rings is 3. The third-order valence-electron chi connectivity index (χ3n) is 6.23. The number of carbonyl (C=O) groups is 1. The molecule has 8 heteroatoms. The van der Waals surface area contributed by atoms with Gasteiger partial charge in [-0.05, 0) is 49.7 Å². The van der Waals surface area contributed by atoms with Crippen LogP contribution in [0.3, 0.4) is 0 Å². The maximum absolute atomic E-state index is 13.9. The molecule has 0 aromatic heterocycles. The van der Waals surface area contributed by atoms with Crippen molar-refractivity contribution in [1.29, 1.82) is 0 Å². The van der Waals surface area contributed by atoms with E-state index in [1.807, 2.05) is 105 Å². The molecule has 1 aliphatic rings. The van der Waals surface area contributed by atoms with E-state index in [2.05, 4.69) is 26.8 Å². The van der Waals surface area contributed by atoms with Gasteiger partial charge >= 0.3 is 0 Å². The van der Waals surface area contributed by atoms with E-state index >= 15 is 0 Å². The van der Waals surface area contributed by atoms with Crippen molar-refractivity contribution in [3.63, 3.8) is 0 Å². The molecule has 1 aliphatic heterocycles. The predicted octanol–water partition coefficient (Wildman–Crippen LogP) is 5.60. The van der Waals surface area contributed by atoms with Gasteiger partial charge in [-0.15, -0.1) is 0 Å². The average Bonchev–Trinajstić information content (AvgIpc) is 3.33. The van der Waals surface area contributed by atoms with E-state index in [9.17, 15) is 4.79 Å². The Morgan fingerprint density at radius 1 is 1.10 bits per heavy atom. The number of aliphatic imine (C=N–C) groups is 1. The molecule has 3 aromatic rings. The number of aliphatic hydroxyl groups is 1. The topological polar surface area (TPSA) is 92.2 Å². The van der Waals surface area contributed by atoms with Crippen molar-refractivity contribution in [3.05, 3.63) is 106 Å². The van der Waals surface area contributed by atoms with E-state index in [4.69, 9.17) is 19.6 Å². The zero-order valence-corrected chi connectivity index (χ0v) is 23.7. The molecular formula is C31H34BrN3O4. The van der Waals surface area contributed by atoms with Crippen LogP contribution in [0.15, 0.2) is 94.4 Å². The van der Waals surface area contributed by atoms with Gasteiger partial charge in [-0.2, -0.15) is 0 Å². The maximum atomic E-state index is 13.9. The highest BCUT2D eigenvalue weighted by molar-refractivity contribution is 9.10. The summed E-state index contributed by atoms with van der Waals surface area (Å²) in [4.78, 5) is 18.9. The number of rotatable bonds is 12. The molecule has 0 unspecified atom stereocenters. The van der Waals surface area contributed by atoms with Gasteiger partial charge in [0.05, 0.1) is 6.61 Å². The van der Waals surface area contributed by atoms with Gasteiger partial charge in [-0.3, -0.25) is 10.2 Å². The highest BCUT2D eigenvalue weighted by Gasteiger charge is 2.53. The van der Waals surface area contributed by atoms with Gasteiger partial charge in [0.15, 0.2) is 11.6 Å². The summed E-state index contributed by atoms with van der Waals surface area (Å²) in [5.74, 6) is 0.781. The molecule has 39 heavy (non-hydrogen) atoms. The summed E-state index contributed by atoms with van der Waals surface area (Å²) in [6, 6.07) is 25.1. The monoisotopic (exact) mass is 591 g/mol. The van der Waals surface area contributed by atoms with Gasteiger partial charge in [-0.1, -0.05) is 76.6 Å². The number of halogens is 1. The SMILES string of the molecule is CC(C)NNC(=O)[C@@]1(C/C=C/c2ccccc2)N=C(c2ccc(OCCCO)cc2)O[C@H]1c1ccccc1Br. The minimum absolute atomic E-state index is 0.0388. The summed E-state index contributed by atoms with van der Waals surface area (Å²) in [5.41, 5.74) is 7.23. The molecule has 0 bridgehead atoms. The van der Waals surface area contributed by atoms with Crippen molar-refractivity contribution in [2.75, 3.05) is 13.2 Å². The number of amides is 1. The Hall–Kier alpha value is -3.46. The molecule has 2 atom stereocenters. The first-order chi connectivity index (χ1) is 18.9. The van der Waals surface area contributed by atoms with Gasteiger partial charge in [0.2, 0.25) is 5.90 Å². The van der Waals surface area contributed by atoms with Crippen molar-refractivity contribution in [3.8, 4) is 5.75 Å². The summed E-state index contributed by atoms with van der Waals surface area (Å²) >= 11 is 3.66. The lowest BCUT2D eigenvalue weighted by molar-refractivity contribution is -0.130. The third-order valence-corrected chi connectivity index (χ3v) is 6.95. The van der Waals surface area contributed by atoms with Gasteiger partial charge in [-0.25, -0.2) is 10.4 Å². The Morgan fingerprint density at radius 2 is 1.82 bits per heavy atom. The molecule has 0 spiro atoms. The lowest BCUT2D eigenvalue weighted by Crippen LogP contribution is -2.54. The summed E-state index contributed by atoms with van der Waals surface area (Å²) < 4.78 is 13.0. The number of nitrogens with one attached hydrogen (secondary N) is 2. The number of carbonyl (C=O) groups excluding carboxylic acids is 1. The Balaban J connectivity index is 1.74. The number of aliphatic hydroxyl groups excluding tert-OH is 1. The maximum Gasteiger partial charge on any atom is 0.266 e. The van der Waals surface area contributed by atoms with Crippen LogP contribution in [0.5, 0.6) is 5.75 Å². The summed E-state index contributed by atoms with van der Waals surface area (Å²) in [5, 5.41) is 9.00. The largest absolute Gasteiger partial charge is 0.494 e. The Kier molecular flexibility index (Phi) is 9.92. The van der Waals surface area contributed by atoms with Crippen LogP contribution in [-0.2, 0) is 9.53 Å². The van der Waals surface area contributed by atoms with Crippen LogP contribution >= 0.6 is 15.9 Å². The molecule has 7 nitrogen and oxygen atoms in total. The molecule has 0 radical (unpaired) electrons. The predicted molar refractivity (Wildman–Crippen MR) is 157 cm³/mol. The number of hydrogen-bond donors (Lipinski definition) is 3. The molecule has 3 N–H and O–H groups in total. The zero-order valence-electron chi connectivity index (χ0n) is 22.1. The molecule has 0 saturated carbocycles. The van der Waals surface area contributed by atoms with E-state index < -0.39 is 11.6 Å². The van der Waals surface area contributed by atoms with Gasteiger partial charge in [0.1, 0.15) is 5.75 Å². The summed E-state index contributed by atoms with van der Waals surface area (Å²) in [6.07, 6.45) is 4.16. The summed E-state index contributed by atoms with van der Waals surface area (Å²) in [7, 11) is 0. The second-order valence-corrected chi connectivity index (χ2v) is 10.4. The molecule has 0 saturated heterocycles. The lowest BCUT2D eigenvalue weighted by Gasteiger charge is -2.30. The van der Waals surface area contributed by atoms with Gasteiger partial charge in [0.25, 0.3) is 5.91 Å². The molecule has 0 fully saturated rings. The molecule has 204 valence electrons. The Labute approximate surface area is 238 Å². The molecule has 4 rings (SSSR count). The standard InChI is InChI=1S/C31H34BrN3O4/c1-22(2)34-35-30(37)31(19-8-12-23-10-4-3-5-11-23)28(26-13-6-7-14-27(26)32)39-29(33-31)24-15-17-25(18-16-24)38-21-9-20-36/h3-8,10-18,22,28,34,36H,9,19-21H2,1-2H3,(H,35,37)/b12-8+/t28-,31-/m0/s1. The molecular weight excluding hydrogens is 558 g/mol. The van der Waals surface area contributed by atoms with Crippen LogP contribution in [-0.4, -0.2) is 41.7 Å². The highest BCUT2D eigenvalue weighted by atomic mass is 79.9. The fourth-order valence-corrected chi connectivity index (χ4v) is 4.73. The van der Waals surface area contributed by atoms with Crippen molar-refractivity contribution < 1.29 is 19.4 Å². The minimum Gasteiger partial charge on any atom is -0.494 e. The number of nitrogens with zero attached hydrogens (tertiary/aromatic N) is 1. The molecule has 1 heterocycles. The second-order valence-electron chi connectivity index (χ2n) is 9.58. The first-order valence-corrected chi connectivity index (χ1v) is 13.8. The average molecular weight is 593 g/mol. The molecule has 1 amide bonds. The number of ether oxygens (including phenoxy) is 2. The minimum atomic E-state index is -1.28. The lowest BCUT2D eigenvalue weighted by atomic mass is 9.84. The van der Waals surface area contributed by atoms with Crippen molar-refractivity contribution in [2.45, 2.75) is 44.4 Å². The van der Waals surface area contributed by atoms with Crippen molar-refractivity contribution >= 4 is 33.8 Å². The normalized spacial score (nSPS) is 18.7. The first-order valence-electron chi connectivity index (χ1n) is 13.1. The van der Waals surface area contributed by atoms with Crippen LogP contribution < -0.4 is 15.6 Å².